The Morgan fingerprint density at radius 3 is 2.50 bits per heavy atom. The molecule has 0 aliphatic rings. The highest BCUT2D eigenvalue weighted by Gasteiger charge is 2.14. The van der Waals surface area contributed by atoms with Crippen LogP contribution in [0.3, 0.4) is 0 Å². The van der Waals surface area contributed by atoms with Crippen molar-refractivity contribution < 1.29 is 0 Å². The molecule has 0 unspecified atom stereocenters. The van der Waals surface area contributed by atoms with E-state index in [1.807, 2.05) is 36.7 Å². The molecule has 0 aliphatic heterocycles. The Kier molecular flexibility index (Phi) is 3.67. The summed E-state index contributed by atoms with van der Waals surface area (Å²) in [6.45, 7) is 0. The summed E-state index contributed by atoms with van der Waals surface area (Å²) in [5, 5.41) is 9.83. The summed E-state index contributed by atoms with van der Waals surface area (Å²) in [4.78, 5) is 16.3. The minimum absolute atomic E-state index is 0.832. The Morgan fingerprint density at radius 2 is 1.63 bits per heavy atom. The Morgan fingerprint density at radius 1 is 0.700 bits per heavy atom. The van der Waals surface area contributed by atoms with E-state index in [9.17, 15) is 0 Å². The fourth-order valence-electron chi connectivity index (χ4n) is 3.87. The molecule has 1 aromatic carbocycles. The second kappa shape index (κ2) is 6.63. The number of H-pyrrole nitrogens is 2. The quantitative estimate of drug-likeness (QED) is 0.435. The van der Waals surface area contributed by atoms with E-state index in [4.69, 9.17) is 0 Å². The van der Waals surface area contributed by atoms with Crippen LogP contribution in [0.2, 0.25) is 0 Å². The molecule has 0 saturated carbocycles. The summed E-state index contributed by atoms with van der Waals surface area (Å²) in [6.07, 6.45) is 9.08. The third kappa shape index (κ3) is 2.66. The highest BCUT2D eigenvalue weighted by Crippen LogP contribution is 2.34. The van der Waals surface area contributed by atoms with Gasteiger partial charge in [-0.1, -0.05) is 12.1 Å². The number of hydrogen-bond donors (Lipinski definition) is 2. The van der Waals surface area contributed by atoms with Gasteiger partial charge in [0.1, 0.15) is 11.3 Å². The molecule has 5 heterocycles. The Hall–Kier alpha value is -4.32. The van der Waals surface area contributed by atoms with Crippen LogP contribution in [0, 0.1) is 0 Å². The molecule has 5 aromatic heterocycles. The fourth-order valence-corrected chi connectivity index (χ4v) is 3.87. The van der Waals surface area contributed by atoms with Gasteiger partial charge in [0.05, 0.1) is 11.2 Å². The number of fused-ring (bicyclic) bond motifs is 2. The summed E-state index contributed by atoms with van der Waals surface area (Å²) in [6, 6.07) is 18.4. The van der Waals surface area contributed by atoms with Crippen LogP contribution in [0.25, 0.3) is 55.6 Å². The van der Waals surface area contributed by atoms with E-state index in [1.165, 1.54) is 0 Å². The normalized spacial score (nSPS) is 11.3. The first kappa shape index (κ1) is 16.6. The van der Waals surface area contributed by atoms with Gasteiger partial charge in [-0.25, -0.2) is 4.98 Å². The van der Waals surface area contributed by atoms with Gasteiger partial charge in [0.15, 0.2) is 0 Å². The molecule has 6 heteroatoms. The van der Waals surface area contributed by atoms with E-state index < -0.39 is 0 Å². The average molecular weight is 388 g/mol. The number of pyridine rings is 3. The standard InChI is InChI=1S/C24H16N6/c1-2-17(14-26-8-1)16-3-4-21-20(12-16)23(30-29-21)22-13-19-18(7-11-27-24(19)28-22)15-5-9-25-10-6-15/h1-14H,(H,27,28)(H,29,30). The second-order valence-corrected chi connectivity index (χ2v) is 7.11. The lowest BCUT2D eigenvalue weighted by Gasteiger charge is -2.01. The van der Waals surface area contributed by atoms with E-state index in [0.717, 1.165) is 55.6 Å². The van der Waals surface area contributed by atoms with Crippen LogP contribution in [0.1, 0.15) is 0 Å². The third-order valence-corrected chi connectivity index (χ3v) is 5.34. The van der Waals surface area contributed by atoms with Gasteiger partial charge in [-0.05, 0) is 59.2 Å². The first-order chi connectivity index (χ1) is 14.9. The van der Waals surface area contributed by atoms with Crippen molar-refractivity contribution in [2.24, 2.45) is 0 Å². The van der Waals surface area contributed by atoms with E-state index >= 15 is 0 Å². The number of hydrogen-bond acceptors (Lipinski definition) is 4. The van der Waals surface area contributed by atoms with Crippen molar-refractivity contribution in [1.29, 1.82) is 0 Å². The molecule has 0 fully saturated rings. The maximum atomic E-state index is 4.59. The van der Waals surface area contributed by atoms with Crippen LogP contribution in [0.15, 0.2) is 85.6 Å². The molecular weight excluding hydrogens is 372 g/mol. The van der Waals surface area contributed by atoms with Crippen LogP contribution < -0.4 is 0 Å². The number of nitrogens with one attached hydrogen (secondary N) is 2. The van der Waals surface area contributed by atoms with Crippen molar-refractivity contribution >= 4 is 21.9 Å². The van der Waals surface area contributed by atoms with Crippen LogP contribution in [0.5, 0.6) is 0 Å². The summed E-state index contributed by atoms with van der Waals surface area (Å²) < 4.78 is 0. The van der Waals surface area contributed by atoms with Crippen molar-refractivity contribution in [3.8, 4) is 33.6 Å². The van der Waals surface area contributed by atoms with Crippen molar-refractivity contribution in [2.45, 2.75) is 0 Å². The van der Waals surface area contributed by atoms with Crippen LogP contribution in [-0.2, 0) is 0 Å². The van der Waals surface area contributed by atoms with Crippen molar-refractivity contribution in [3.05, 3.63) is 85.6 Å². The first-order valence-corrected chi connectivity index (χ1v) is 9.64. The van der Waals surface area contributed by atoms with Gasteiger partial charge in [-0.15, -0.1) is 0 Å². The van der Waals surface area contributed by atoms with Gasteiger partial charge in [0.2, 0.25) is 0 Å². The van der Waals surface area contributed by atoms with Gasteiger partial charge in [-0.2, -0.15) is 5.10 Å². The molecule has 2 N–H and O–H groups in total. The molecule has 0 radical (unpaired) electrons. The van der Waals surface area contributed by atoms with Crippen LogP contribution in [0.4, 0.5) is 0 Å². The maximum Gasteiger partial charge on any atom is 0.138 e. The Bertz CT molecular complexity index is 1480. The Labute approximate surface area is 171 Å². The molecule has 0 amide bonds. The zero-order valence-corrected chi connectivity index (χ0v) is 15.9. The van der Waals surface area contributed by atoms with E-state index in [2.05, 4.69) is 60.5 Å². The topological polar surface area (TPSA) is 83.1 Å². The van der Waals surface area contributed by atoms with Gasteiger partial charge in [-0.3, -0.25) is 15.1 Å². The van der Waals surface area contributed by atoms with Crippen LogP contribution >= 0.6 is 0 Å². The molecule has 6 nitrogen and oxygen atoms in total. The van der Waals surface area contributed by atoms with Gasteiger partial charge in [0, 0.05) is 47.3 Å². The lowest BCUT2D eigenvalue weighted by atomic mass is 10.0. The Balaban J connectivity index is 1.52. The predicted octanol–water partition coefficient (Wildman–Crippen LogP) is 5.23. The average Bonchev–Trinajstić information content (AvgIpc) is 3.43. The summed E-state index contributed by atoms with van der Waals surface area (Å²) in [5.74, 6) is 0. The second-order valence-electron chi connectivity index (χ2n) is 7.11. The molecule has 6 aromatic rings. The molecule has 0 aliphatic carbocycles. The zero-order valence-electron chi connectivity index (χ0n) is 15.9. The van der Waals surface area contributed by atoms with E-state index in [0.29, 0.717) is 0 Å². The lowest BCUT2D eigenvalue weighted by molar-refractivity contribution is 1.12. The number of benzene rings is 1. The molecule has 0 saturated heterocycles. The van der Waals surface area contributed by atoms with Gasteiger partial charge < -0.3 is 4.98 Å². The molecule has 30 heavy (non-hydrogen) atoms. The third-order valence-electron chi connectivity index (χ3n) is 5.34. The van der Waals surface area contributed by atoms with Crippen molar-refractivity contribution in [2.75, 3.05) is 0 Å². The number of aromatic amines is 2. The van der Waals surface area contributed by atoms with Crippen molar-refractivity contribution in [1.82, 2.24) is 30.1 Å². The summed E-state index contributed by atoms with van der Waals surface area (Å²) in [7, 11) is 0. The summed E-state index contributed by atoms with van der Waals surface area (Å²) >= 11 is 0. The maximum absolute atomic E-state index is 4.59. The smallest absolute Gasteiger partial charge is 0.138 e. The monoisotopic (exact) mass is 388 g/mol. The molecular formula is C24H16N6. The molecule has 0 spiro atoms. The minimum atomic E-state index is 0.832. The minimum Gasteiger partial charge on any atom is -0.338 e. The molecule has 0 atom stereocenters. The largest absolute Gasteiger partial charge is 0.338 e. The van der Waals surface area contributed by atoms with Gasteiger partial charge >= 0.3 is 0 Å². The SMILES string of the molecule is c1cncc(-c2ccc3[nH]nc(-c4cc5c(-c6ccncc6)ccnc5[nH]4)c3c2)c1. The van der Waals surface area contributed by atoms with Gasteiger partial charge in [0.25, 0.3) is 0 Å². The van der Waals surface area contributed by atoms with Crippen molar-refractivity contribution in [3.63, 3.8) is 0 Å². The first-order valence-electron chi connectivity index (χ1n) is 9.64. The lowest BCUT2D eigenvalue weighted by Crippen LogP contribution is -1.82. The fraction of sp³-hybridized carbons (Fsp3) is 0. The highest BCUT2D eigenvalue weighted by molar-refractivity contribution is 6.00. The van der Waals surface area contributed by atoms with E-state index in [-0.39, 0.29) is 0 Å². The number of aromatic nitrogens is 6. The van der Waals surface area contributed by atoms with Crippen LogP contribution in [-0.4, -0.2) is 30.1 Å². The number of nitrogens with zero attached hydrogens (tertiary/aromatic N) is 4. The number of rotatable bonds is 3. The molecule has 0 bridgehead atoms. The predicted molar refractivity (Wildman–Crippen MR) is 118 cm³/mol. The van der Waals surface area contributed by atoms with E-state index in [1.54, 1.807) is 18.6 Å². The summed E-state index contributed by atoms with van der Waals surface area (Å²) in [5.41, 5.74) is 8.00. The molecule has 142 valence electrons. The highest BCUT2D eigenvalue weighted by atomic mass is 15.1. The zero-order chi connectivity index (χ0) is 19.9. The molecule has 6 rings (SSSR count).